The van der Waals surface area contributed by atoms with Gasteiger partial charge in [0.25, 0.3) is 0 Å². The Bertz CT molecular complexity index is 804. The summed E-state index contributed by atoms with van der Waals surface area (Å²) in [4.78, 5) is 4.98. The van der Waals surface area contributed by atoms with Crippen molar-refractivity contribution in [3.8, 4) is 5.75 Å². The van der Waals surface area contributed by atoms with E-state index in [0.29, 0.717) is 0 Å². The number of nitrogens with zero attached hydrogens (tertiary/aromatic N) is 2. The zero-order chi connectivity index (χ0) is 20.3. The fourth-order valence-corrected chi connectivity index (χ4v) is 4.73. The minimum atomic E-state index is -0.689. The minimum absolute atomic E-state index is 0.689. The van der Waals surface area contributed by atoms with Crippen molar-refractivity contribution in [3.63, 3.8) is 0 Å². The molecule has 4 rings (SSSR count). The van der Waals surface area contributed by atoms with Crippen LogP contribution in [0.2, 0.25) is 0 Å². The van der Waals surface area contributed by atoms with Gasteiger partial charge in [0, 0.05) is 31.7 Å². The summed E-state index contributed by atoms with van der Waals surface area (Å²) < 4.78 is 5.61. The van der Waals surface area contributed by atoms with Crippen LogP contribution in [0.4, 0.5) is 0 Å². The molecule has 0 spiro atoms. The molecule has 0 saturated carbocycles. The van der Waals surface area contributed by atoms with Crippen molar-refractivity contribution in [2.75, 3.05) is 33.3 Å². The molecule has 156 valence electrons. The van der Waals surface area contributed by atoms with Crippen LogP contribution in [0.5, 0.6) is 5.75 Å². The average molecular weight is 395 g/mol. The van der Waals surface area contributed by atoms with Gasteiger partial charge in [-0.2, -0.15) is 0 Å². The van der Waals surface area contributed by atoms with E-state index >= 15 is 0 Å². The number of ether oxygens (including phenoxy) is 1. The largest absolute Gasteiger partial charge is 0.496 e. The smallest absolute Gasteiger partial charge is 0.123 e. The van der Waals surface area contributed by atoms with Crippen LogP contribution in [0.15, 0.2) is 42.5 Å². The Morgan fingerprint density at radius 2 is 1.55 bits per heavy atom. The molecular weight excluding hydrogens is 360 g/mol. The van der Waals surface area contributed by atoms with Gasteiger partial charge in [-0.1, -0.05) is 35.9 Å². The Kier molecular flexibility index (Phi) is 6.23. The van der Waals surface area contributed by atoms with E-state index in [-0.39, 0.29) is 0 Å². The predicted octanol–water partition coefficient (Wildman–Crippen LogP) is 4.08. The second-order valence-corrected chi connectivity index (χ2v) is 8.80. The molecule has 4 nitrogen and oxygen atoms in total. The number of aliphatic hydroxyl groups is 1. The second-order valence-electron chi connectivity index (χ2n) is 8.80. The highest BCUT2D eigenvalue weighted by atomic mass is 16.5. The highest BCUT2D eigenvalue weighted by Gasteiger charge is 2.33. The molecule has 2 aliphatic heterocycles. The van der Waals surface area contributed by atoms with Crippen molar-refractivity contribution in [1.29, 1.82) is 0 Å². The molecule has 2 aromatic rings. The third-order valence-electron chi connectivity index (χ3n) is 6.62. The quantitative estimate of drug-likeness (QED) is 0.801. The summed E-state index contributed by atoms with van der Waals surface area (Å²) in [5.41, 5.74) is 4.23. The van der Waals surface area contributed by atoms with Crippen LogP contribution in [0.25, 0.3) is 0 Å². The monoisotopic (exact) mass is 394 g/mol. The number of likely N-dealkylation sites (tertiary alicyclic amines) is 2. The molecule has 0 aromatic heterocycles. The third kappa shape index (κ3) is 4.82. The summed E-state index contributed by atoms with van der Waals surface area (Å²) >= 11 is 0. The van der Waals surface area contributed by atoms with Crippen LogP contribution in [0.3, 0.4) is 0 Å². The molecule has 1 N–H and O–H groups in total. The summed E-state index contributed by atoms with van der Waals surface area (Å²) in [5, 5.41) is 11.1. The first-order valence-corrected chi connectivity index (χ1v) is 11.0. The molecule has 2 saturated heterocycles. The molecule has 4 heteroatoms. The second kappa shape index (κ2) is 8.86. The molecule has 2 aromatic carbocycles. The molecule has 0 radical (unpaired) electrons. The fraction of sp³-hybridized carbons (Fsp3) is 0.520. The van der Waals surface area contributed by atoms with Crippen molar-refractivity contribution in [3.05, 3.63) is 64.7 Å². The van der Waals surface area contributed by atoms with Gasteiger partial charge in [0.1, 0.15) is 5.75 Å². The van der Waals surface area contributed by atoms with Gasteiger partial charge in [-0.3, -0.25) is 9.80 Å². The maximum absolute atomic E-state index is 11.1. The molecule has 0 amide bonds. The average Bonchev–Trinajstić information content (AvgIpc) is 3.24. The van der Waals surface area contributed by atoms with Crippen LogP contribution < -0.4 is 4.74 Å². The molecule has 29 heavy (non-hydrogen) atoms. The van der Waals surface area contributed by atoms with Crippen LogP contribution in [-0.4, -0.2) is 48.2 Å². The first kappa shape index (κ1) is 20.4. The number of methoxy groups -OCH3 is 1. The van der Waals surface area contributed by atoms with Gasteiger partial charge in [0.05, 0.1) is 12.7 Å². The van der Waals surface area contributed by atoms with E-state index in [2.05, 4.69) is 59.2 Å². The lowest BCUT2D eigenvalue weighted by molar-refractivity contribution is -0.0277. The maximum Gasteiger partial charge on any atom is 0.123 e. The number of rotatable bonds is 6. The van der Waals surface area contributed by atoms with Crippen molar-refractivity contribution in [1.82, 2.24) is 9.80 Å². The molecule has 2 heterocycles. The first-order chi connectivity index (χ1) is 14.1. The van der Waals surface area contributed by atoms with Gasteiger partial charge in [0.2, 0.25) is 0 Å². The molecule has 2 aliphatic rings. The van der Waals surface area contributed by atoms with E-state index in [1.807, 2.05) is 0 Å². The lowest BCUT2D eigenvalue weighted by Gasteiger charge is -2.38. The summed E-state index contributed by atoms with van der Waals surface area (Å²) in [6, 6.07) is 15.0. The van der Waals surface area contributed by atoms with Gasteiger partial charge < -0.3 is 9.84 Å². The number of aryl methyl sites for hydroxylation is 1. The Morgan fingerprint density at radius 3 is 2.21 bits per heavy atom. The number of piperidine rings is 1. The van der Waals surface area contributed by atoms with Gasteiger partial charge in [-0.25, -0.2) is 0 Å². The lowest BCUT2D eigenvalue weighted by Crippen LogP contribution is -2.42. The molecule has 0 unspecified atom stereocenters. The molecular formula is C25H34N2O2. The zero-order valence-electron chi connectivity index (χ0n) is 17.9. The number of hydrogen-bond donors (Lipinski definition) is 1. The standard InChI is InChI=1S/C25H34N2O2/c1-20-5-8-23(9-6-20)25(28)11-15-27(16-12-25)18-21-7-10-24(29-2)22(17-21)19-26-13-3-4-14-26/h5-10,17,28H,3-4,11-16,18-19H2,1-2H3. The zero-order valence-corrected chi connectivity index (χ0v) is 17.9. The van der Waals surface area contributed by atoms with Crippen LogP contribution in [0, 0.1) is 6.92 Å². The van der Waals surface area contributed by atoms with E-state index in [4.69, 9.17) is 4.74 Å². The van der Waals surface area contributed by atoms with Gasteiger partial charge in [-0.05, 0) is 69.0 Å². The van der Waals surface area contributed by atoms with E-state index in [0.717, 1.165) is 50.3 Å². The summed E-state index contributed by atoms with van der Waals surface area (Å²) in [6.07, 6.45) is 4.18. The molecule has 0 atom stereocenters. The van der Waals surface area contributed by atoms with Gasteiger partial charge in [0.15, 0.2) is 0 Å². The fourth-order valence-electron chi connectivity index (χ4n) is 4.73. The topological polar surface area (TPSA) is 35.9 Å². The Hall–Kier alpha value is -1.88. The third-order valence-corrected chi connectivity index (χ3v) is 6.62. The van der Waals surface area contributed by atoms with E-state index < -0.39 is 5.60 Å². The van der Waals surface area contributed by atoms with E-state index in [1.54, 1.807) is 7.11 Å². The first-order valence-electron chi connectivity index (χ1n) is 11.0. The Labute approximate surface area is 175 Å². The normalized spacial score (nSPS) is 20.1. The summed E-state index contributed by atoms with van der Waals surface area (Å²) in [5.74, 6) is 0.994. The number of benzene rings is 2. The molecule has 0 aliphatic carbocycles. The summed E-state index contributed by atoms with van der Waals surface area (Å²) in [7, 11) is 1.76. The van der Waals surface area contributed by atoms with E-state index in [9.17, 15) is 5.11 Å². The van der Waals surface area contributed by atoms with E-state index in [1.165, 1.54) is 42.6 Å². The lowest BCUT2D eigenvalue weighted by atomic mass is 9.84. The van der Waals surface area contributed by atoms with Crippen LogP contribution in [0.1, 0.15) is 47.9 Å². The van der Waals surface area contributed by atoms with Crippen molar-refractivity contribution >= 4 is 0 Å². The van der Waals surface area contributed by atoms with Gasteiger partial charge in [-0.15, -0.1) is 0 Å². The van der Waals surface area contributed by atoms with Crippen molar-refractivity contribution < 1.29 is 9.84 Å². The molecule has 2 fully saturated rings. The van der Waals surface area contributed by atoms with Crippen molar-refractivity contribution in [2.24, 2.45) is 0 Å². The summed E-state index contributed by atoms with van der Waals surface area (Å²) in [6.45, 7) is 8.21. The van der Waals surface area contributed by atoms with Gasteiger partial charge >= 0.3 is 0 Å². The minimum Gasteiger partial charge on any atom is -0.496 e. The number of hydrogen-bond acceptors (Lipinski definition) is 4. The maximum atomic E-state index is 11.1. The Morgan fingerprint density at radius 1 is 0.897 bits per heavy atom. The SMILES string of the molecule is COc1ccc(CN2CCC(O)(c3ccc(C)cc3)CC2)cc1CN1CCCC1. The Balaban J connectivity index is 1.39. The highest BCUT2D eigenvalue weighted by Crippen LogP contribution is 2.33. The van der Waals surface area contributed by atoms with Crippen molar-refractivity contribution in [2.45, 2.75) is 51.3 Å². The molecule has 0 bridgehead atoms. The van der Waals surface area contributed by atoms with Crippen LogP contribution >= 0.6 is 0 Å². The highest BCUT2D eigenvalue weighted by molar-refractivity contribution is 5.37. The predicted molar refractivity (Wildman–Crippen MR) is 117 cm³/mol. The van der Waals surface area contributed by atoms with Crippen LogP contribution in [-0.2, 0) is 18.7 Å².